The first kappa shape index (κ1) is 21.7. The zero-order valence-corrected chi connectivity index (χ0v) is 16.6. The Labute approximate surface area is 165 Å². The molecule has 0 bridgehead atoms. The molecule has 0 aliphatic rings. The first-order valence-corrected chi connectivity index (χ1v) is 9.10. The van der Waals surface area contributed by atoms with Crippen molar-refractivity contribution in [3.05, 3.63) is 81.3 Å². The quantitative estimate of drug-likeness (QED) is 0.491. The van der Waals surface area contributed by atoms with E-state index in [0.29, 0.717) is 11.1 Å². The Morgan fingerprint density at radius 1 is 0.643 bits per heavy atom. The van der Waals surface area contributed by atoms with Gasteiger partial charge in [-0.1, -0.05) is 36.4 Å². The number of aliphatic hydroxyl groups excluding tert-OH is 5. The van der Waals surface area contributed by atoms with Gasteiger partial charge in [-0.15, -0.1) is 0 Å². The van der Waals surface area contributed by atoms with E-state index in [1.54, 1.807) is 12.1 Å². The Hall–Kier alpha value is -2.60. The lowest BCUT2D eigenvalue weighted by Gasteiger charge is -2.22. The molecule has 0 aliphatic heterocycles. The van der Waals surface area contributed by atoms with E-state index < -0.39 is 29.8 Å². The Kier molecular flexibility index (Phi) is 7.02. The van der Waals surface area contributed by atoms with Crippen molar-refractivity contribution >= 4 is 12.2 Å². The summed E-state index contributed by atoms with van der Waals surface area (Å²) in [5.41, 5.74) is 5.52. The van der Waals surface area contributed by atoms with Crippen LogP contribution in [0.5, 0.6) is 0 Å². The van der Waals surface area contributed by atoms with Crippen LogP contribution in [0.3, 0.4) is 0 Å². The number of hydrogen-bond donors (Lipinski definition) is 5. The first-order valence-electron chi connectivity index (χ1n) is 9.10. The molecule has 5 heteroatoms. The maximum Gasteiger partial charge on any atom is 0.140 e. The molecule has 0 aliphatic carbocycles. The van der Waals surface area contributed by atoms with Gasteiger partial charge in [-0.05, 0) is 73.2 Å². The Balaban J connectivity index is 2.16. The number of rotatable bonds is 6. The fourth-order valence-corrected chi connectivity index (χ4v) is 2.74. The second-order valence-electron chi connectivity index (χ2n) is 7.21. The summed E-state index contributed by atoms with van der Waals surface area (Å²) in [5.74, 6) is -1.01. The van der Waals surface area contributed by atoms with Crippen LogP contribution < -0.4 is 0 Å². The van der Waals surface area contributed by atoms with E-state index >= 15 is 0 Å². The van der Waals surface area contributed by atoms with Gasteiger partial charge in [0, 0.05) is 0 Å². The van der Waals surface area contributed by atoms with Crippen molar-refractivity contribution in [1.82, 2.24) is 0 Å². The predicted molar refractivity (Wildman–Crippen MR) is 111 cm³/mol. The molecule has 0 aromatic heterocycles. The van der Waals surface area contributed by atoms with Crippen molar-refractivity contribution in [3.63, 3.8) is 0 Å². The molecular weight excluding hydrogens is 356 g/mol. The van der Waals surface area contributed by atoms with Crippen molar-refractivity contribution < 1.29 is 25.5 Å². The van der Waals surface area contributed by atoms with E-state index in [-0.39, 0.29) is 0 Å². The minimum absolute atomic E-state index is 0.506. The smallest absolute Gasteiger partial charge is 0.140 e. The van der Waals surface area contributed by atoms with Crippen LogP contribution in [0.4, 0.5) is 0 Å². The third-order valence-corrected chi connectivity index (χ3v) is 4.94. The van der Waals surface area contributed by atoms with Crippen molar-refractivity contribution in [2.45, 2.75) is 46.0 Å². The lowest BCUT2D eigenvalue weighted by atomic mass is 10.00. The van der Waals surface area contributed by atoms with Crippen LogP contribution in [-0.4, -0.2) is 43.8 Å². The van der Waals surface area contributed by atoms with Gasteiger partial charge in [0.2, 0.25) is 0 Å². The molecule has 0 saturated heterocycles. The summed E-state index contributed by atoms with van der Waals surface area (Å²) in [6, 6.07) is 11.0. The molecule has 0 spiro atoms. The maximum absolute atomic E-state index is 10.2. The molecule has 0 radical (unpaired) electrons. The minimum atomic E-state index is -1.80. The van der Waals surface area contributed by atoms with Crippen LogP contribution in [0.15, 0.2) is 47.9 Å². The summed E-state index contributed by atoms with van der Waals surface area (Å²) in [4.78, 5) is 0. The Morgan fingerprint density at radius 2 is 1.00 bits per heavy atom. The fraction of sp³-hybridized carbons (Fsp3) is 0.304. The highest BCUT2D eigenvalue weighted by Gasteiger charge is 2.30. The zero-order chi connectivity index (χ0) is 21.0. The molecular formula is C23H28O5. The van der Waals surface area contributed by atoms with Crippen LogP contribution in [0, 0.1) is 27.7 Å². The largest absolute Gasteiger partial charge is 0.509 e. The molecule has 5 N–H and O–H groups in total. The molecule has 0 fully saturated rings. The van der Waals surface area contributed by atoms with Crippen molar-refractivity contribution in [3.8, 4) is 0 Å². The SMILES string of the molecule is Cc1ccc(C=C(O)[C@@H](O)[C@H](O)[C@@H](O)C(O)=Cc2ccc(C)c(C)c2)cc1C. The van der Waals surface area contributed by atoms with E-state index in [9.17, 15) is 25.5 Å². The van der Waals surface area contributed by atoms with E-state index in [4.69, 9.17) is 0 Å². The second-order valence-corrected chi connectivity index (χ2v) is 7.21. The van der Waals surface area contributed by atoms with Crippen LogP contribution in [0.1, 0.15) is 33.4 Å². The highest BCUT2D eigenvalue weighted by Crippen LogP contribution is 2.19. The predicted octanol–water partition coefficient (Wildman–Crippen LogP) is 3.50. The molecule has 3 atom stereocenters. The number of hydrogen-bond acceptors (Lipinski definition) is 5. The van der Waals surface area contributed by atoms with Crippen LogP contribution >= 0.6 is 0 Å². The van der Waals surface area contributed by atoms with Gasteiger partial charge < -0.3 is 25.5 Å². The second kappa shape index (κ2) is 9.06. The maximum atomic E-state index is 10.2. The number of aliphatic hydroxyl groups is 5. The van der Waals surface area contributed by atoms with Gasteiger partial charge in [0.1, 0.15) is 29.8 Å². The van der Waals surface area contributed by atoms with Crippen molar-refractivity contribution in [1.29, 1.82) is 0 Å². The van der Waals surface area contributed by atoms with Gasteiger partial charge in [0.25, 0.3) is 0 Å². The lowest BCUT2D eigenvalue weighted by molar-refractivity contribution is -0.0540. The highest BCUT2D eigenvalue weighted by atomic mass is 16.4. The lowest BCUT2D eigenvalue weighted by Crippen LogP contribution is -2.39. The third-order valence-electron chi connectivity index (χ3n) is 4.94. The molecule has 2 aromatic carbocycles. The van der Waals surface area contributed by atoms with Crippen LogP contribution in [0.25, 0.3) is 12.2 Å². The summed E-state index contributed by atoms with van der Waals surface area (Å²) in [7, 11) is 0. The number of benzene rings is 2. The molecule has 2 rings (SSSR count). The van der Waals surface area contributed by atoms with Crippen molar-refractivity contribution in [2.75, 3.05) is 0 Å². The minimum Gasteiger partial charge on any atom is -0.509 e. The van der Waals surface area contributed by atoms with Gasteiger partial charge >= 0.3 is 0 Å². The average molecular weight is 384 g/mol. The van der Waals surface area contributed by atoms with E-state index in [1.165, 1.54) is 12.2 Å². The normalized spacial score (nSPS) is 16.0. The monoisotopic (exact) mass is 384 g/mol. The molecule has 0 amide bonds. The van der Waals surface area contributed by atoms with E-state index in [1.807, 2.05) is 52.0 Å². The summed E-state index contributed by atoms with van der Waals surface area (Å²) < 4.78 is 0. The highest BCUT2D eigenvalue weighted by molar-refractivity contribution is 5.55. The molecule has 150 valence electrons. The van der Waals surface area contributed by atoms with E-state index in [0.717, 1.165) is 22.3 Å². The van der Waals surface area contributed by atoms with E-state index in [2.05, 4.69) is 0 Å². The first-order chi connectivity index (χ1) is 13.1. The zero-order valence-electron chi connectivity index (χ0n) is 16.6. The topological polar surface area (TPSA) is 101 Å². The molecule has 0 heterocycles. The molecule has 28 heavy (non-hydrogen) atoms. The summed E-state index contributed by atoms with van der Waals surface area (Å²) >= 11 is 0. The Morgan fingerprint density at radius 3 is 1.32 bits per heavy atom. The van der Waals surface area contributed by atoms with Crippen LogP contribution in [-0.2, 0) is 0 Å². The van der Waals surface area contributed by atoms with Crippen LogP contribution in [0.2, 0.25) is 0 Å². The third kappa shape index (κ3) is 5.23. The van der Waals surface area contributed by atoms with Gasteiger partial charge in [-0.3, -0.25) is 0 Å². The average Bonchev–Trinajstić information content (AvgIpc) is 2.65. The molecule has 2 aromatic rings. The van der Waals surface area contributed by atoms with Gasteiger partial charge in [-0.25, -0.2) is 0 Å². The molecule has 0 unspecified atom stereocenters. The standard InChI is InChI=1S/C23H28O5/c1-13-5-7-17(9-15(13)3)11-19(24)21(26)23(28)22(27)20(25)12-18-8-6-14(2)16(4)10-18/h5-12,21-28H,1-4H3/t21-,22+,23+. The summed E-state index contributed by atoms with van der Waals surface area (Å²) in [6.07, 6.45) is -2.68. The molecule has 5 nitrogen and oxygen atoms in total. The fourth-order valence-electron chi connectivity index (χ4n) is 2.74. The summed E-state index contributed by atoms with van der Waals surface area (Å²) in [5, 5.41) is 50.8. The number of aryl methyl sites for hydroxylation is 4. The molecule has 0 saturated carbocycles. The van der Waals surface area contributed by atoms with Gasteiger partial charge in [-0.2, -0.15) is 0 Å². The summed E-state index contributed by atoms with van der Waals surface area (Å²) in [6.45, 7) is 7.77. The Bertz CT molecular complexity index is 824. The van der Waals surface area contributed by atoms with Gasteiger partial charge in [0.05, 0.1) is 0 Å². The van der Waals surface area contributed by atoms with Gasteiger partial charge in [0.15, 0.2) is 0 Å². The van der Waals surface area contributed by atoms with Crippen molar-refractivity contribution in [2.24, 2.45) is 0 Å².